The molecule has 2 rings (SSSR count). The molecule has 0 aliphatic carbocycles. The van der Waals surface area contributed by atoms with Crippen LogP contribution in [0.5, 0.6) is 0 Å². The number of amides is 1. The van der Waals surface area contributed by atoms with E-state index in [2.05, 4.69) is 5.10 Å². The Kier molecular flexibility index (Phi) is 5.88. The Hall–Kier alpha value is -2.45. The molecule has 1 aromatic heterocycles. The number of likely N-dealkylation sites (tertiary alicyclic amines) is 1. The fourth-order valence-electron chi connectivity index (χ4n) is 2.83. The van der Waals surface area contributed by atoms with E-state index in [0.29, 0.717) is 13.1 Å². The summed E-state index contributed by atoms with van der Waals surface area (Å²) < 4.78 is 6.23. The molecule has 1 aromatic rings. The molecule has 1 saturated heterocycles. The Morgan fingerprint density at radius 1 is 1.21 bits per heavy atom. The van der Waals surface area contributed by atoms with E-state index >= 15 is 0 Å². The molecule has 0 atom stereocenters. The van der Waals surface area contributed by atoms with Crippen molar-refractivity contribution >= 4 is 17.6 Å². The van der Waals surface area contributed by atoms with Crippen LogP contribution in [0.2, 0.25) is 0 Å². The van der Waals surface area contributed by atoms with E-state index < -0.39 is 10.9 Å². The molecule has 0 bridgehead atoms. The molecule has 1 fully saturated rings. The third-order valence-electron chi connectivity index (χ3n) is 4.12. The largest absolute Gasteiger partial charge is 0.454 e. The normalized spacial score (nSPS) is 15.0. The maximum atomic E-state index is 12.1. The van der Waals surface area contributed by atoms with Crippen molar-refractivity contribution in [2.24, 2.45) is 0 Å². The molecule has 0 N–H and O–H groups in total. The Labute approximate surface area is 139 Å². The Morgan fingerprint density at radius 2 is 1.83 bits per heavy atom. The van der Waals surface area contributed by atoms with Gasteiger partial charge in [0.05, 0.1) is 4.92 Å². The van der Waals surface area contributed by atoms with Gasteiger partial charge in [0.2, 0.25) is 0 Å². The van der Waals surface area contributed by atoms with Gasteiger partial charge in [-0.3, -0.25) is 24.4 Å². The van der Waals surface area contributed by atoms with E-state index in [4.69, 9.17) is 4.74 Å². The van der Waals surface area contributed by atoms with Crippen LogP contribution >= 0.6 is 0 Å². The van der Waals surface area contributed by atoms with Gasteiger partial charge in [0.25, 0.3) is 5.91 Å². The van der Waals surface area contributed by atoms with Crippen LogP contribution in [-0.4, -0.2) is 51.2 Å². The summed E-state index contributed by atoms with van der Waals surface area (Å²) in [7, 11) is 0. The summed E-state index contributed by atoms with van der Waals surface area (Å²) in [6, 6.07) is 0. The zero-order chi connectivity index (χ0) is 17.7. The van der Waals surface area contributed by atoms with Gasteiger partial charge in [0.15, 0.2) is 6.61 Å². The highest BCUT2D eigenvalue weighted by Crippen LogP contribution is 2.21. The molecule has 9 heteroatoms. The predicted octanol–water partition coefficient (Wildman–Crippen LogP) is 1.35. The molecule has 0 radical (unpaired) electrons. The lowest BCUT2D eigenvalue weighted by Gasteiger charge is -2.19. The summed E-state index contributed by atoms with van der Waals surface area (Å²) >= 11 is 0. The fourth-order valence-corrected chi connectivity index (χ4v) is 2.83. The average molecular weight is 338 g/mol. The number of hydrogen-bond acceptors (Lipinski definition) is 6. The summed E-state index contributed by atoms with van der Waals surface area (Å²) in [6.07, 6.45) is 4.16. The second-order valence-corrected chi connectivity index (χ2v) is 5.89. The van der Waals surface area contributed by atoms with Crippen molar-refractivity contribution in [3.8, 4) is 0 Å². The quantitative estimate of drug-likeness (QED) is 0.456. The number of aryl methyl sites for hydroxylation is 1. The average Bonchev–Trinajstić information content (AvgIpc) is 2.73. The number of hydrogen-bond donors (Lipinski definition) is 0. The zero-order valence-electron chi connectivity index (χ0n) is 14.0. The van der Waals surface area contributed by atoms with E-state index in [1.165, 1.54) is 18.5 Å². The Morgan fingerprint density at radius 3 is 2.38 bits per heavy atom. The van der Waals surface area contributed by atoms with E-state index in [-0.39, 0.29) is 36.1 Å². The minimum atomic E-state index is -0.640. The van der Waals surface area contributed by atoms with E-state index in [1.807, 2.05) is 0 Å². The maximum absolute atomic E-state index is 12.1. The first-order valence-electron chi connectivity index (χ1n) is 8.02. The number of carbonyl (C=O) groups excluding carboxylic acids is 2. The molecule has 1 aliphatic rings. The molecule has 0 unspecified atom stereocenters. The lowest BCUT2D eigenvalue weighted by molar-refractivity contribution is -0.386. The van der Waals surface area contributed by atoms with Gasteiger partial charge in [0, 0.05) is 13.1 Å². The van der Waals surface area contributed by atoms with Crippen LogP contribution in [0.1, 0.15) is 37.1 Å². The molecular weight excluding hydrogens is 316 g/mol. The summed E-state index contributed by atoms with van der Waals surface area (Å²) in [5, 5.41) is 14.9. The highest BCUT2D eigenvalue weighted by atomic mass is 16.6. The van der Waals surface area contributed by atoms with Crippen molar-refractivity contribution in [2.75, 3.05) is 19.7 Å². The molecule has 132 valence electrons. The second kappa shape index (κ2) is 7.89. The van der Waals surface area contributed by atoms with Crippen molar-refractivity contribution < 1.29 is 19.2 Å². The molecular formula is C15H22N4O5. The highest BCUT2D eigenvalue weighted by molar-refractivity contribution is 5.80. The third kappa shape index (κ3) is 4.30. The van der Waals surface area contributed by atoms with Crippen LogP contribution in [0, 0.1) is 24.0 Å². The number of nitrogens with zero attached hydrogens (tertiary/aromatic N) is 4. The van der Waals surface area contributed by atoms with Gasteiger partial charge < -0.3 is 9.64 Å². The Balaban J connectivity index is 1.88. The minimum Gasteiger partial charge on any atom is -0.454 e. The molecule has 9 nitrogen and oxygen atoms in total. The molecule has 0 spiro atoms. The highest BCUT2D eigenvalue weighted by Gasteiger charge is 2.23. The van der Waals surface area contributed by atoms with E-state index in [9.17, 15) is 19.7 Å². The van der Waals surface area contributed by atoms with Crippen LogP contribution in [0.3, 0.4) is 0 Å². The van der Waals surface area contributed by atoms with Crippen molar-refractivity contribution in [3.63, 3.8) is 0 Å². The number of esters is 1. The topological polar surface area (TPSA) is 108 Å². The van der Waals surface area contributed by atoms with Crippen molar-refractivity contribution in [1.29, 1.82) is 0 Å². The van der Waals surface area contributed by atoms with Gasteiger partial charge in [-0.15, -0.1) is 0 Å². The lowest BCUT2D eigenvalue weighted by atomic mass is 10.2. The first kappa shape index (κ1) is 17.9. The molecule has 1 aliphatic heterocycles. The van der Waals surface area contributed by atoms with Crippen molar-refractivity contribution in [2.45, 2.75) is 46.1 Å². The third-order valence-corrected chi connectivity index (χ3v) is 4.12. The summed E-state index contributed by atoms with van der Waals surface area (Å²) in [5.74, 6) is -0.844. The molecule has 24 heavy (non-hydrogen) atoms. The summed E-state index contributed by atoms with van der Waals surface area (Å²) in [5.41, 5.74) is 0.419. The van der Waals surface area contributed by atoms with Crippen LogP contribution in [0.15, 0.2) is 0 Å². The molecule has 1 amide bonds. The van der Waals surface area contributed by atoms with Crippen LogP contribution in [-0.2, 0) is 20.9 Å². The van der Waals surface area contributed by atoms with Crippen LogP contribution in [0.25, 0.3) is 0 Å². The summed E-state index contributed by atoms with van der Waals surface area (Å²) in [4.78, 5) is 36.1. The number of aromatic nitrogens is 2. The predicted molar refractivity (Wildman–Crippen MR) is 84.4 cm³/mol. The van der Waals surface area contributed by atoms with E-state index in [0.717, 1.165) is 25.7 Å². The summed E-state index contributed by atoms with van der Waals surface area (Å²) in [6.45, 7) is 3.86. The van der Waals surface area contributed by atoms with Gasteiger partial charge in [0.1, 0.15) is 17.9 Å². The molecule has 0 saturated carbocycles. The number of rotatable bonds is 5. The molecule has 0 aromatic carbocycles. The second-order valence-electron chi connectivity index (χ2n) is 5.89. The number of ether oxygens (including phenoxy) is 1. The van der Waals surface area contributed by atoms with Gasteiger partial charge in [-0.05, 0) is 26.7 Å². The van der Waals surface area contributed by atoms with Gasteiger partial charge >= 0.3 is 11.7 Å². The standard InChI is InChI=1S/C15H22N4O5/c1-11-15(19(22)23)12(2)18(16-11)9-14(21)24-10-13(20)17-7-5-3-4-6-8-17/h3-10H2,1-2H3. The van der Waals surface area contributed by atoms with Crippen LogP contribution < -0.4 is 0 Å². The first-order valence-corrected chi connectivity index (χ1v) is 8.02. The SMILES string of the molecule is Cc1nn(CC(=O)OCC(=O)N2CCCCCC2)c(C)c1[N+](=O)[O-]. The van der Waals surface area contributed by atoms with Gasteiger partial charge in [-0.1, -0.05) is 12.8 Å². The smallest absolute Gasteiger partial charge is 0.328 e. The maximum Gasteiger partial charge on any atom is 0.328 e. The van der Waals surface area contributed by atoms with Crippen LogP contribution in [0.4, 0.5) is 5.69 Å². The Bertz CT molecular complexity index is 632. The fraction of sp³-hybridized carbons (Fsp3) is 0.667. The molecule has 2 heterocycles. The van der Waals surface area contributed by atoms with Gasteiger partial charge in [-0.25, -0.2) is 0 Å². The van der Waals surface area contributed by atoms with Crippen molar-refractivity contribution in [1.82, 2.24) is 14.7 Å². The minimum absolute atomic E-state index is 0.108. The van der Waals surface area contributed by atoms with Gasteiger partial charge in [-0.2, -0.15) is 5.10 Å². The number of carbonyl (C=O) groups is 2. The van der Waals surface area contributed by atoms with Crippen molar-refractivity contribution in [3.05, 3.63) is 21.5 Å². The number of nitro groups is 1. The van der Waals surface area contributed by atoms with E-state index in [1.54, 1.807) is 4.90 Å². The zero-order valence-corrected chi connectivity index (χ0v) is 14.0. The monoisotopic (exact) mass is 338 g/mol. The first-order chi connectivity index (χ1) is 11.4. The lowest BCUT2D eigenvalue weighted by Crippen LogP contribution is -2.35.